The molecule has 0 aromatic heterocycles. The van der Waals surface area contributed by atoms with Crippen LogP contribution in [-0.2, 0) is 17.8 Å². The Morgan fingerprint density at radius 3 is 2.29 bits per heavy atom. The second kappa shape index (κ2) is 6.65. The smallest absolute Gasteiger partial charge is 0.241 e. The normalized spacial score (nSPS) is 19.5. The minimum Gasteiger partial charge on any atom is -0.489 e. The number of rotatable bonds is 5. The number of hydrogen-bond donors (Lipinski definition) is 1. The van der Waals surface area contributed by atoms with Crippen LogP contribution in [0.2, 0.25) is 0 Å². The van der Waals surface area contributed by atoms with Crippen molar-refractivity contribution in [3.05, 3.63) is 65.7 Å². The Morgan fingerprint density at radius 1 is 1.04 bits per heavy atom. The summed E-state index contributed by atoms with van der Waals surface area (Å²) in [4.78, 5) is 14.1. The maximum absolute atomic E-state index is 12.3. The summed E-state index contributed by atoms with van der Waals surface area (Å²) in [5.74, 6) is 0.982. The Kier molecular flexibility index (Phi) is 4.58. The highest BCUT2D eigenvalue weighted by molar-refractivity contribution is 5.85. The molecule has 0 aliphatic carbocycles. The lowest BCUT2D eigenvalue weighted by Crippen LogP contribution is -2.45. The topological polar surface area (TPSA) is 41.6 Å². The third-order valence-electron chi connectivity index (χ3n) is 4.61. The van der Waals surface area contributed by atoms with E-state index in [9.17, 15) is 4.79 Å². The molecule has 1 N–H and O–H groups in total. The van der Waals surface area contributed by atoms with Crippen molar-refractivity contribution in [3.63, 3.8) is 0 Å². The highest BCUT2D eigenvalue weighted by atomic mass is 16.5. The van der Waals surface area contributed by atoms with Gasteiger partial charge in [-0.25, -0.2) is 0 Å². The van der Waals surface area contributed by atoms with Crippen LogP contribution in [0, 0.1) is 0 Å². The monoisotopic (exact) mass is 324 g/mol. The van der Waals surface area contributed by atoms with E-state index in [4.69, 9.17) is 4.74 Å². The average Bonchev–Trinajstić information content (AvgIpc) is 2.78. The lowest BCUT2D eigenvalue weighted by atomic mass is 10.1. The van der Waals surface area contributed by atoms with Crippen molar-refractivity contribution in [2.75, 3.05) is 7.05 Å². The van der Waals surface area contributed by atoms with Gasteiger partial charge < -0.3 is 9.64 Å². The van der Waals surface area contributed by atoms with Crippen LogP contribution >= 0.6 is 0 Å². The fraction of sp³-hybridized carbons (Fsp3) is 0.350. The van der Waals surface area contributed by atoms with Crippen LogP contribution in [0.1, 0.15) is 25.0 Å². The maximum Gasteiger partial charge on any atom is 0.241 e. The van der Waals surface area contributed by atoms with Crippen molar-refractivity contribution in [2.24, 2.45) is 0 Å². The summed E-state index contributed by atoms with van der Waals surface area (Å²) in [6.45, 7) is 4.60. The van der Waals surface area contributed by atoms with Crippen LogP contribution in [0.4, 0.5) is 0 Å². The maximum atomic E-state index is 12.3. The summed E-state index contributed by atoms with van der Waals surface area (Å²) < 4.78 is 5.80. The van der Waals surface area contributed by atoms with E-state index >= 15 is 0 Å². The largest absolute Gasteiger partial charge is 0.489 e. The number of amides is 1. The van der Waals surface area contributed by atoms with Crippen molar-refractivity contribution in [3.8, 4) is 5.75 Å². The summed E-state index contributed by atoms with van der Waals surface area (Å²) in [7, 11) is 1.84. The van der Waals surface area contributed by atoms with Crippen molar-refractivity contribution in [1.82, 2.24) is 10.2 Å². The molecule has 4 heteroatoms. The molecule has 2 aromatic rings. The first-order chi connectivity index (χ1) is 11.5. The van der Waals surface area contributed by atoms with Gasteiger partial charge in [-0.05, 0) is 43.5 Å². The highest BCUT2D eigenvalue weighted by Gasteiger charge is 2.41. The van der Waals surface area contributed by atoms with E-state index in [1.165, 1.54) is 0 Å². The van der Waals surface area contributed by atoms with E-state index in [-0.39, 0.29) is 17.6 Å². The van der Waals surface area contributed by atoms with E-state index in [2.05, 4.69) is 5.32 Å². The van der Waals surface area contributed by atoms with Crippen LogP contribution in [-0.4, -0.2) is 29.6 Å². The molecule has 1 amide bonds. The zero-order chi connectivity index (χ0) is 17.2. The molecule has 0 saturated carbocycles. The molecule has 1 fully saturated rings. The third kappa shape index (κ3) is 3.60. The highest BCUT2D eigenvalue weighted by Crippen LogP contribution is 2.22. The van der Waals surface area contributed by atoms with Gasteiger partial charge in [-0.2, -0.15) is 0 Å². The number of likely N-dealkylation sites (N-methyl/N-ethyl adjacent to an activating group) is 1. The molecular weight excluding hydrogens is 300 g/mol. The Morgan fingerprint density at radius 2 is 1.71 bits per heavy atom. The van der Waals surface area contributed by atoms with Crippen LogP contribution in [0.25, 0.3) is 0 Å². The van der Waals surface area contributed by atoms with Crippen molar-refractivity contribution >= 4 is 5.91 Å². The minimum atomic E-state index is -0.291. The molecule has 0 spiro atoms. The summed E-state index contributed by atoms with van der Waals surface area (Å²) in [6.07, 6.45) is 0.686. The molecule has 0 radical (unpaired) electrons. The molecule has 1 aliphatic heterocycles. The van der Waals surface area contributed by atoms with Gasteiger partial charge in [0.25, 0.3) is 0 Å². The molecule has 0 unspecified atom stereocenters. The number of benzene rings is 2. The minimum absolute atomic E-state index is 0.143. The van der Waals surface area contributed by atoms with Gasteiger partial charge in [-0.15, -0.1) is 0 Å². The molecular formula is C20H24N2O2. The van der Waals surface area contributed by atoms with E-state index in [0.29, 0.717) is 13.0 Å². The SMILES string of the molecule is CN1C(=O)[C@H](Cc2ccc(OCc3ccccc3)cc2)NC1(C)C. The Balaban J connectivity index is 1.58. The average molecular weight is 324 g/mol. The van der Waals surface area contributed by atoms with Gasteiger partial charge in [-0.3, -0.25) is 10.1 Å². The quantitative estimate of drug-likeness (QED) is 0.919. The number of carbonyl (C=O) groups excluding carboxylic acids is 1. The number of nitrogens with one attached hydrogen (secondary N) is 1. The van der Waals surface area contributed by atoms with Crippen molar-refractivity contribution in [2.45, 2.75) is 38.6 Å². The van der Waals surface area contributed by atoms with Crippen LogP contribution in [0.3, 0.4) is 0 Å². The summed E-state index contributed by atoms with van der Waals surface area (Å²) in [6, 6.07) is 17.9. The van der Waals surface area contributed by atoms with Crippen LogP contribution in [0.5, 0.6) is 5.75 Å². The van der Waals surface area contributed by atoms with Gasteiger partial charge in [0.1, 0.15) is 12.4 Å². The van der Waals surface area contributed by atoms with E-state index < -0.39 is 0 Å². The standard InChI is InChI=1S/C20H24N2O2/c1-20(2)21-18(19(23)22(20)3)13-15-9-11-17(12-10-15)24-14-16-7-5-4-6-8-16/h4-12,18,21H,13-14H2,1-3H3/t18-/m0/s1. The van der Waals surface area contributed by atoms with Gasteiger partial charge in [0.05, 0.1) is 11.7 Å². The molecule has 4 nitrogen and oxygen atoms in total. The van der Waals surface area contributed by atoms with Gasteiger partial charge >= 0.3 is 0 Å². The van der Waals surface area contributed by atoms with E-state index in [1.807, 2.05) is 75.5 Å². The zero-order valence-corrected chi connectivity index (χ0v) is 14.5. The molecule has 3 rings (SSSR count). The second-order valence-corrected chi connectivity index (χ2v) is 6.78. The fourth-order valence-corrected chi connectivity index (χ4v) is 2.93. The lowest BCUT2D eigenvalue weighted by Gasteiger charge is -2.27. The molecule has 24 heavy (non-hydrogen) atoms. The first-order valence-electron chi connectivity index (χ1n) is 8.27. The van der Waals surface area contributed by atoms with Gasteiger partial charge in [-0.1, -0.05) is 42.5 Å². The molecule has 126 valence electrons. The molecule has 1 heterocycles. The van der Waals surface area contributed by atoms with Crippen LogP contribution < -0.4 is 10.1 Å². The Bertz CT molecular complexity index is 695. The molecule has 1 atom stereocenters. The second-order valence-electron chi connectivity index (χ2n) is 6.78. The summed E-state index contributed by atoms with van der Waals surface area (Å²) >= 11 is 0. The predicted molar refractivity (Wildman–Crippen MR) is 94.7 cm³/mol. The van der Waals surface area contributed by atoms with Gasteiger partial charge in [0.2, 0.25) is 5.91 Å². The first-order valence-corrected chi connectivity index (χ1v) is 8.27. The van der Waals surface area contributed by atoms with Crippen molar-refractivity contribution in [1.29, 1.82) is 0 Å². The Hall–Kier alpha value is -2.33. The molecule has 1 saturated heterocycles. The number of carbonyl (C=O) groups is 1. The number of ether oxygens (including phenoxy) is 1. The third-order valence-corrected chi connectivity index (χ3v) is 4.61. The number of nitrogens with zero attached hydrogens (tertiary/aromatic N) is 1. The molecule has 1 aliphatic rings. The number of hydrogen-bond acceptors (Lipinski definition) is 3. The lowest BCUT2D eigenvalue weighted by molar-refractivity contribution is -0.129. The van der Waals surface area contributed by atoms with E-state index in [1.54, 1.807) is 4.90 Å². The van der Waals surface area contributed by atoms with Gasteiger partial charge in [0, 0.05) is 7.05 Å². The van der Waals surface area contributed by atoms with Crippen molar-refractivity contribution < 1.29 is 9.53 Å². The first kappa shape index (κ1) is 16.5. The summed E-state index contributed by atoms with van der Waals surface area (Å²) in [5.41, 5.74) is 1.98. The Labute approximate surface area is 143 Å². The predicted octanol–water partition coefficient (Wildman–Crippen LogP) is 2.97. The summed E-state index contributed by atoms with van der Waals surface area (Å²) in [5, 5.41) is 3.38. The zero-order valence-electron chi connectivity index (χ0n) is 14.5. The van der Waals surface area contributed by atoms with Gasteiger partial charge in [0.15, 0.2) is 0 Å². The van der Waals surface area contributed by atoms with Crippen LogP contribution in [0.15, 0.2) is 54.6 Å². The molecule has 0 bridgehead atoms. The molecule has 2 aromatic carbocycles. The fourth-order valence-electron chi connectivity index (χ4n) is 2.93. The van der Waals surface area contributed by atoms with E-state index in [0.717, 1.165) is 16.9 Å².